The average molecular weight is 273 g/mol. The smallest absolute Gasteiger partial charge is 0.389 e. The molecule has 0 radical (unpaired) electrons. The molecule has 0 amide bonds. The largest absolute Gasteiger partial charge is 0.416 e. The molecule has 1 saturated carbocycles. The van der Waals surface area contributed by atoms with Gasteiger partial charge in [-0.25, -0.2) is 0 Å². The van der Waals surface area contributed by atoms with Gasteiger partial charge in [-0.15, -0.1) is 0 Å². The number of nitrogens with two attached hydrogens (primary N) is 1. The number of halogens is 3. The highest BCUT2D eigenvalue weighted by atomic mass is 19.4. The molecule has 0 bridgehead atoms. The third-order valence-electron chi connectivity index (χ3n) is 3.65. The van der Waals surface area contributed by atoms with Crippen LogP contribution in [-0.2, 0) is 12.6 Å². The van der Waals surface area contributed by atoms with Crippen LogP contribution in [0.15, 0.2) is 24.3 Å². The standard InChI is InChI=1S/C14H18F3NO/c15-14(16,17)11-4-1-3-10(7-11)8-13(19)6-2-5-12(18)9-13/h1,3-4,7,12,19H,2,5-6,8-9,18H2. The maximum absolute atomic E-state index is 12.6. The van der Waals surface area contributed by atoms with Crippen LogP contribution in [0, 0.1) is 0 Å². The molecule has 2 nitrogen and oxygen atoms in total. The molecule has 3 N–H and O–H groups in total. The summed E-state index contributed by atoms with van der Waals surface area (Å²) in [6.45, 7) is 0. The summed E-state index contributed by atoms with van der Waals surface area (Å²) in [5.41, 5.74) is 4.69. The quantitative estimate of drug-likeness (QED) is 0.870. The lowest BCUT2D eigenvalue weighted by Crippen LogP contribution is -2.42. The lowest BCUT2D eigenvalue weighted by Gasteiger charge is -2.35. The van der Waals surface area contributed by atoms with Gasteiger partial charge < -0.3 is 10.8 Å². The van der Waals surface area contributed by atoms with Crippen molar-refractivity contribution in [3.63, 3.8) is 0 Å². The lowest BCUT2D eigenvalue weighted by atomic mass is 9.78. The Morgan fingerprint density at radius 3 is 2.74 bits per heavy atom. The van der Waals surface area contributed by atoms with Gasteiger partial charge in [0.2, 0.25) is 0 Å². The maximum Gasteiger partial charge on any atom is 0.416 e. The second kappa shape index (κ2) is 5.13. The SMILES string of the molecule is NC1CCCC(O)(Cc2cccc(C(F)(F)F)c2)C1. The van der Waals surface area contributed by atoms with Crippen molar-refractivity contribution in [2.24, 2.45) is 5.73 Å². The fraction of sp³-hybridized carbons (Fsp3) is 0.571. The number of aliphatic hydroxyl groups is 1. The van der Waals surface area contributed by atoms with Crippen LogP contribution in [0.4, 0.5) is 13.2 Å². The normalized spacial score (nSPS) is 28.4. The van der Waals surface area contributed by atoms with Gasteiger partial charge in [0.05, 0.1) is 11.2 Å². The Balaban J connectivity index is 2.15. The molecule has 0 spiro atoms. The summed E-state index contributed by atoms with van der Waals surface area (Å²) >= 11 is 0. The molecule has 2 atom stereocenters. The Kier molecular flexibility index (Phi) is 3.87. The van der Waals surface area contributed by atoms with Crippen LogP contribution in [-0.4, -0.2) is 16.7 Å². The van der Waals surface area contributed by atoms with E-state index < -0.39 is 17.3 Å². The molecule has 5 heteroatoms. The van der Waals surface area contributed by atoms with E-state index in [2.05, 4.69) is 0 Å². The van der Waals surface area contributed by atoms with E-state index in [9.17, 15) is 18.3 Å². The minimum Gasteiger partial charge on any atom is -0.389 e. The van der Waals surface area contributed by atoms with Crippen LogP contribution in [0.5, 0.6) is 0 Å². The molecule has 0 saturated heterocycles. The van der Waals surface area contributed by atoms with Crippen molar-refractivity contribution in [3.05, 3.63) is 35.4 Å². The Morgan fingerprint density at radius 1 is 1.37 bits per heavy atom. The molecule has 0 aliphatic heterocycles. The molecule has 0 heterocycles. The average Bonchev–Trinajstić information content (AvgIpc) is 2.27. The molecule has 1 aliphatic rings. The molecule has 1 aromatic carbocycles. The topological polar surface area (TPSA) is 46.2 Å². The van der Waals surface area contributed by atoms with E-state index in [1.54, 1.807) is 6.07 Å². The van der Waals surface area contributed by atoms with Gasteiger partial charge in [-0.3, -0.25) is 0 Å². The van der Waals surface area contributed by atoms with Crippen molar-refractivity contribution in [3.8, 4) is 0 Å². The molecule has 106 valence electrons. The predicted molar refractivity (Wildman–Crippen MR) is 66.5 cm³/mol. The van der Waals surface area contributed by atoms with Crippen LogP contribution < -0.4 is 5.73 Å². The summed E-state index contributed by atoms with van der Waals surface area (Å²) in [6, 6.07) is 5.08. The zero-order valence-electron chi connectivity index (χ0n) is 10.6. The fourth-order valence-electron chi connectivity index (χ4n) is 2.78. The Morgan fingerprint density at radius 2 is 2.11 bits per heavy atom. The van der Waals surface area contributed by atoms with Crippen molar-refractivity contribution in [2.45, 2.75) is 49.9 Å². The summed E-state index contributed by atoms with van der Waals surface area (Å²) in [4.78, 5) is 0. The third kappa shape index (κ3) is 3.70. The van der Waals surface area contributed by atoms with Gasteiger partial charge in [-0.1, -0.05) is 18.2 Å². The molecule has 1 aromatic rings. The summed E-state index contributed by atoms with van der Waals surface area (Å²) in [5.74, 6) is 0. The molecule has 2 rings (SSSR count). The molecular weight excluding hydrogens is 255 g/mol. The second-order valence-corrected chi connectivity index (χ2v) is 5.46. The van der Waals surface area contributed by atoms with Crippen molar-refractivity contribution in [2.75, 3.05) is 0 Å². The first-order valence-electron chi connectivity index (χ1n) is 6.43. The summed E-state index contributed by atoms with van der Waals surface area (Å²) in [6.07, 6.45) is -1.39. The Hall–Kier alpha value is -1.07. The highest BCUT2D eigenvalue weighted by molar-refractivity contribution is 5.27. The van der Waals surface area contributed by atoms with Crippen LogP contribution in [0.1, 0.15) is 36.8 Å². The fourth-order valence-corrected chi connectivity index (χ4v) is 2.78. The lowest BCUT2D eigenvalue weighted by molar-refractivity contribution is -0.137. The Labute approximate surface area is 110 Å². The molecule has 1 fully saturated rings. The van der Waals surface area contributed by atoms with E-state index in [1.807, 2.05) is 0 Å². The predicted octanol–water partition coefficient (Wildman–Crippen LogP) is 2.88. The van der Waals surface area contributed by atoms with Crippen molar-refractivity contribution >= 4 is 0 Å². The van der Waals surface area contributed by atoms with Crippen LogP contribution in [0.25, 0.3) is 0 Å². The molecule has 2 unspecified atom stereocenters. The van der Waals surface area contributed by atoms with Gasteiger partial charge in [-0.2, -0.15) is 13.2 Å². The van der Waals surface area contributed by atoms with E-state index in [1.165, 1.54) is 6.07 Å². The summed E-state index contributed by atoms with van der Waals surface area (Å²) in [7, 11) is 0. The molecule has 0 aromatic heterocycles. The number of alkyl halides is 3. The van der Waals surface area contributed by atoms with E-state index in [0.717, 1.165) is 25.0 Å². The number of rotatable bonds is 2. The summed E-state index contributed by atoms with van der Waals surface area (Å²) < 4.78 is 37.9. The van der Waals surface area contributed by atoms with Crippen molar-refractivity contribution < 1.29 is 18.3 Å². The first-order valence-corrected chi connectivity index (χ1v) is 6.43. The van der Waals surface area contributed by atoms with Gasteiger partial charge >= 0.3 is 6.18 Å². The van der Waals surface area contributed by atoms with Crippen molar-refractivity contribution in [1.29, 1.82) is 0 Å². The highest BCUT2D eigenvalue weighted by Gasteiger charge is 2.34. The van der Waals surface area contributed by atoms with E-state index in [4.69, 9.17) is 5.73 Å². The first-order chi connectivity index (χ1) is 8.78. The second-order valence-electron chi connectivity index (χ2n) is 5.46. The van der Waals surface area contributed by atoms with Gasteiger partial charge in [0.25, 0.3) is 0 Å². The third-order valence-corrected chi connectivity index (χ3v) is 3.65. The zero-order valence-corrected chi connectivity index (χ0v) is 10.6. The van der Waals surface area contributed by atoms with Crippen LogP contribution in [0.2, 0.25) is 0 Å². The highest BCUT2D eigenvalue weighted by Crippen LogP contribution is 2.33. The number of hydrogen-bond donors (Lipinski definition) is 2. The van der Waals surface area contributed by atoms with Gasteiger partial charge in [0.1, 0.15) is 0 Å². The zero-order chi connectivity index (χ0) is 14.1. The van der Waals surface area contributed by atoms with Gasteiger partial charge in [0.15, 0.2) is 0 Å². The van der Waals surface area contributed by atoms with Gasteiger partial charge in [-0.05, 0) is 37.3 Å². The molecular formula is C14H18F3NO. The van der Waals surface area contributed by atoms with Crippen LogP contribution in [0.3, 0.4) is 0 Å². The van der Waals surface area contributed by atoms with E-state index >= 15 is 0 Å². The minimum absolute atomic E-state index is 0.0652. The minimum atomic E-state index is -4.35. The van der Waals surface area contributed by atoms with Crippen molar-refractivity contribution in [1.82, 2.24) is 0 Å². The number of benzene rings is 1. The van der Waals surface area contributed by atoms with Gasteiger partial charge in [0, 0.05) is 12.5 Å². The van der Waals surface area contributed by atoms with Crippen LogP contribution >= 0.6 is 0 Å². The maximum atomic E-state index is 12.6. The summed E-state index contributed by atoms with van der Waals surface area (Å²) in [5, 5.41) is 10.4. The first kappa shape index (κ1) is 14.3. The van der Waals surface area contributed by atoms with E-state index in [0.29, 0.717) is 18.4 Å². The molecule has 1 aliphatic carbocycles. The number of hydrogen-bond acceptors (Lipinski definition) is 2. The Bertz CT molecular complexity index is 447. The molecule has 19 heavy (non-hydrogen) atoms. The monoisotopic (exact) mass is 273 g/mol. The van der Waals surface area contributed by atoms with E-state index in [-0.39, 0.29) is 12.5 Å².